The average molecular weight is 396 g/mol. The third-order valence-electron chi connectivity index (χ3n) is 3.45. The van der Waals surface area contributed by atoms with Gasteiger partial charge in [-0.15, -0.1) is 0 Å². The molecule has 20 heavy (non-hydrogen) atoms. The van der Waals surface area contributed by atoms with E-state index in [1.807, 2.05) is 43.3 Å². The van der Waals surface area contributed by atoms with Crippen molar-refractivity contribution < 1.29 is 9.53 Å². The lowest BCUT2D eigenvalue weighted by Crippen LogP contribution is -2.25. The molecule has 0 bridgehead atoms. The number of ether oxygens (including phenoxy) is 1. The van der Waals surface area contributed by atoms with Crippen LogP contribution >= 0.6 is 31.9 Å². The molecule has 102 valence electrons. The molecule has 2 aromatic rings. The van der Waals surface area contributed by atoms with Gasteiger partial charge in [0.1, 0.15) is 5.75 Å². The summed E-state index contributed by atoms with van der Waals surface area (Å²) in [6.45, 7) is 1.99. The molecule has 0 saturated carbocycles. The highest BCUT2D eigenvalue weighted by molar-refractivity contribution is 9.11. The molecule has 0 N–H and O–H groups in total. The zero-order chi connectivity index (χ0) is 14.3. The smallest absolute Gasteiger partial charge is 0.204 e. The fourth-order valence-corrected chi connectivity index (χ4v) is 3.33. The first-order chi connectivity index (χ1) is 9.56. The number of hydrogen-bond acceptors (Lipinski definition) is 2. The Morgan fingerprint density at radius 1 is 1.20 bits per heavy atom. The van der Waals surface area contributed by atoms with E-state index in [4.69, 9.17) is 4.74 Å². The van der Waals surface area contributed by atoms with Crippen molar-refractivity contribution in [1.29, 1.82) is 0 Å². The van der Waals surface area contributed by atoms with Crippen LogP contribution in [0.5, 0.6) is 5.75 Å². The molecule has 0 radical (unpaired) electrons. The second kappa shape index (κ2) is 5.34. The van der Waals surface area contributed by atoms with Crippen molar-refractivity contribution in [2.75, 3.05) is 0 Å². The van der Waals surface area contributed by atoms with Crippen LogP contribution in [0.4, 0.5) is 0 Å². The Morgan fingerprint density at radius 2 is 1.95 bits per heavy atom. The monoisotopic (exact) mass is 394 g/mol. The van der Waals surface area contributed by atoms with E-state index < -0.39 is 6.10 Å². The number of carbonyl (C=O) groups is 1. The first kappa shape index (κ1) is 13.8. The molecule has 1 unspecified atom stereocenters. The standard InChI is InChI=1S/C16H12Br2O2/c1-9-6-13(18)11(8-12(9)17)16(19)15-7-10-4-2-3-5-14(10)20-15/h2-6,8,15H,7H2,1H3. The molecule has 0 fully saturated rings. The van der Waals surface area contributed by atoms with Gasteiger partial charge >= 0.3 is 0 Å². The van der Waals surface area contributed by atoms with Gasteiger partial charge in [0.15, 0.2) is 6.10 Å². The van der Waals surface area contributed by atoms with Gasteiger partial charge in [0, 0.05) is 20.9 Å². The molecule has 3 rings (SSSR count). The van der Waals surface area contributed by atoms with Crippen molar-refractivity contribution >= 4 is 37.6 Å². The number of fused-ring (bicyclic) bond motifs is 1. The number of para-hydroxylation sites is 1. The van der Waals surface area contributed by atoms with Crippen LogP contribution in [0.15, 0.2) is 45.3 Å². The van der Waals surface area contributed by atoms with Crippen molar-refractivity contribution in [3.8, 4) is 5.75 Å². The summed E-state index contributed by atoms with van der Waals surface area (Å²) < 4.78 is 7.50. The van der Waals surface area contributed by atoms with E-state index in [0.29, 0.717) is 12.0 Å². The Hall–Kier alpha value is -1.13. The highest BCUT2D eigenvalue weighted by Gasteiger charge is 2.30. The Bertz CT molecular complexity index is 670. The van der Waals surface area contributed by atoms with Gasteiger partial charge < -0.3 is 4.74 Å². The summed E-state index contributed by atoms with van der Waals surface area (Å²) in [5.74, 6) is 0.821. The average Bonchev–Trinajstić information content (AvgIpc) is 2.86. The van der Waals surface area contributed by atoms with Gasteiger partial charge in [-0.25, -0.2) is 0 Å². The van der Waals surface area contributed by atoms with E-state index >= 15 is 0 Å². The summed E-state index contributed by atoms with van der Waals surface area (Å²) in [6.07, 6.45) is 0.200. The van der Waals surface area contributed by atoms with Gasteiger partial charge in [0.05, 0.1) is 0 Å². The second-order valence-electron chi connectivity index (χ2n) is 4.86. The Morgan fingerprint density at radius 3 is 2.70 bits per heavy atom. The number of halogens is 2. The predicted octanol–water partition coefficient (Wildman–Crippen LogP) is 4.71. The number of hydrogen-bond donors (Lipinski definition) is 0. The number of Topliss-reactive ketones (excluding diaryl/α,β-unsaturated/α-hetero) is 1. The number of benzene rings is 2. The van der Waals surface area contributed by atoms with Crippen molar-refractivity contribution in [3.05, 3.63) is 62.0 Å². The van der Waals surface area contributed by atoms with Crippen LogP contribution in [0, 0.1) is 6.92 Å². The summed E-state index contributed by atoms with van der Waals surface area (Å²) in [5, 5.41) is 0. The lowest BCUT2D eigenvalue weighted by Gasteiger charge is -2.12. The topological polar surface area (TPSA) is 26.3 Å². The van der Waals surface area contributed by atoms with Crippen LogP contribution < -0.4 is 4.74 Å². The predicted molar refractivity (Wildman–Crippen MR) is 85.5 cm³/mol. The van der Waals surface area contributed by atoms with E-state index in [1.54, 1.807) is 0 Å². The van der Waals surface area contributed by atoms with Crippen LogP contribution in [0.1, 0.15) is 21.5 Å². The summed E-state index contributed by atoms with van der Waals surface area (Å²) in [7, 11) is 0. The van der Waals surface area contributed by atoms with Crippen LogP contribution in [-0.2, 0) is 6.42 Å². The minimum absolute atomic E-state index is 0.00813. The Labute approximate surface area is 134 Å². The quantitative estimate of drug-likeness (QED) is 0.688. The number of rotatable bonds is 2. The number of aryl methyl sites for hydroxylation is 1. The molecule has 0 aliphatic carbocycles. The SMILES string of the molecule is Cc1cc(Br)c(C(=O)C2Cc3ccccc3O2)cc1Br. The molecule has 4 heteroatoms. The van der Waals surface area contributed by atoms with Gasteiger partial charge in [0.2, 0.25) is 5.78 Å². The van der Waals surface area contributed by atoms with E-state index in [2.05, 4.69) is 31.9 Å². The summed E-state index contributed by atoms with van der Waals surface area (Å²) in [6, 6.07) is 11.6. The molecule has 1 aliphatic rings. The van der Waals surface area contributed by atoms with Crippen molar-refractivity contribution in [2.24, 2.45) is 0 Å². The van der Waals surface area contributed by atoms with Gasteiger partial charge in [-0.2, -0.15) is 0 Å². The maximum Gasteiger partial charge on any atom is 0.204 e. The Kier molecular flexibility index (Phi) is 3.69. The van der Waals surface area contributed by atoms with Crippen LogP contribution in [0.3, 0.4) is 0 Å². The van der Waals surface area contributed by atoms with Crippen molar-refractivity contribution in [1.82, 2.24) is 0 Å². The molecule has 2 nitrogen and oxygen atoms in total. The Balaban J connectivity index is 1.90. The summed E-state index contributed by atoms with van der Waals surface area (Å²) in [4.78, 5) is 12.6. The van der Waals surface area contributed by atoms with Crippen molar-refractivity contribution in [3.63, 3.8) is 0 Å². The fourth-order valence-electron chi connectivity index (χ4n) is 2.34. The summed E-state index contributed by atoms with van der Waals surface area (Å²) >= 11 is 6.94. The summed E-state index contributed by atoms with van der Waals surface area (Å²) in [5.41, 5.74) is 2.83. The van der Waals surface area contributed by atoms with Crippen LogP contribution in [0.2, 0.25) is 0 Å². The third kappa shape index (κ3) is 2.42. The molecule has 0 aromatic heterocycles. The molecule has 1 atom stereocenters. The lowest BCUT2D eigenvalue weighted by atomic mass is 10.0. The molecular weight excluding hydrogens is 384 g/mol. The van der Waals surface area contributed by atoms with Gasteiger partial charge in [-0.3, -0.25) is 4.79 Å². The van der Waals surface area contributed by atoms with Gasteiger partial charge in [0.25, 0.3) is 0 Å². The number of carbonyl (C=O) groups excluding carboxylic acids is 1. The van der Waals surface area contributed by atoms with E-state index in [1.165, 1.54) is 0 Å². The van der Waals surface area contributed by atoms with Gasteiger partial charge in [-0.1, -0.05) is 50.1 Å². The van der Waals surface area contributed by atoms with Crippen LogP contribution in [0.25, 0.3) is 0 Å². The minimum Gasteiger partial charge on any atom is -0.482 e. The molecule has 0 amide bonds. The largest absolute Gasteiger partial charge is 0.482 e. The fraction of sp³-hybridized carbons (Fsp3) is 0.188. The van der Waals surface area contributed by atoms with E-state index in [9.17, 15) is 4.79 Å². The lowest BCUT2D eigenvalue weighted by molar-refractivity contribution is 0.0824. The molecule has 1 aliphatic heterocycles. The molecule has 0 spiro atoms. The van der Waals surface area contributed by atoms with Gasteiger partial charge in [-0.05, 0) is 36.2 Å². The minimum atomic E-state index is -0.432. The zero-order valence-electron chi connectivity index (χ0n) is 10.8. The number of ketones is 1. The molecule has 1 heterocycles. The molecule has 0 saturated heterocycles. The molecular formula is C16H12Br2O2. The van der Waals surface area contributed by atoms with E-state index in [-0.39, 0.29) is 5.78 Å². The first-order valence-corrected chi connectivity index (χ1v) is 7.89. The van der Waals surface area contributed by atoms with Crippen LogP contribution in [-0.4, -0.2) is 11.9 Å². The second-order valence-corrected chi connectivity index (χ2v) is 6.57. The maximum atomic E-state index is 12.6. The zero-order valence-corrected chi connectivity index (χ0v) is 14.0. The third-order valence-corrected chi connectivity index (χ3v) is 4.96. The highest BCUT2D eigenvalue weighted by atomic mass is 79.9. The maximum absolute atomic E-state index is 12.6. The normalized spacial score (nSPS) is 16.6. The van der Waals surface area contributed by atoms with E-state index in [0.717, 1.165) is 25.8 Å². The molecule has 2 aromatic carbocycles. The highest BCUT2D eigenvalue weighted by Crippen LogP contribution is 2.32. The first-order valence-electron chi connectivity index (χ1n) is 6.30. The van der Waals surface area contributed by atoms with Crippen molar-refractivity contribution in [2.45, 2.75) is 19.4 Å².